The molecule has 2 saturated carbocycles. The van der Waals surface area contributed by atoms with E-state index in [1.807, 2.05) is 0 Å². The number of nitrogens with one attached hydrogen (secondary N) is 1. The second-order valence-corrected chi connectivity index (χ2v) is 6.28. The number of carbonyl (C=O) groups excluding carboxylic acids is 1. The third kappa shape index (κ3) is 3.72. The Morgan fingerprint density at radius 1 is 1.25 bits per heavy atom. The Bertz CT molecular complexity index is 351. The van der Waals surface area contributed by atoms with Gasteiger partial charge in [0.25, 0.3) is 0 Å². The second-order valence-electron chi connectivity index (χ2n) is 6.28. The van der Waals surface area contributed by atoms with Crippen LogP contribution in [0.4, 0.5) is 0 Å². The molecule has 2 fully saturated rings. The van der Waals surface area contributed by atoms with Crippen molar-refractivity contribution in [3.63, 3.8) is 0 Å². The number of rotatable bonds is 6. The Morgan fingerprint density at radius 3 is 2.35 bits per heavy atom. The Balaban J connectivity index is 1.66. The first-order valence-corrected chi connectivity index (χ1v) is 7.59. The van der Waals surface area contributed by atoms with E-state index in [1.165, 1.54) is 0 Å². The molecule has 2 aliphatic carbocycles. The van der Waals surface area contributed by atoms with Crippen molar-refractivity contribution in [2.75, 3.05) is 13.7 Å². The molecule has 2 aliphatic rings. The van der Waals surface area contributed by atoms with E-state index in [2.05, 4.69) is 5.32 Å². The molecule has 0 aromatic heterocycles. The lowest BCUT2D eigenvalue weighted by Gasteiger charge is -2.40. The summed E-state index contributed by atoms with van der Waals surface area (Å²) < 4.78 is 5.45. The molecule has 0 unspecified atom stereocenters. The zero-order valence-corrected chi connectivity index (χ0v) is 12.2. The van der Waals surface area contributed by atoms with Crippen LogP contribution in [0, 0.1) is 11.8 Å². The van der Waals surface area contributed by atoms with Crippen LogP contribution in [0.3, 0.4) is 0 Å². The van der Waals surface area contributed by atoms with E-state index in [4.69, 9.17) is 9.84 Å². The van der Waals surface area contributed by atoms with E-state index < -0.39 is 5.97 Å². The van der Waals surface area contributed by atoms with Crippen LogP contribution in [0.25, 0.3) is 0 Å². The summed E-state index contributed by atoms with van der Waals surface area (Å²) in [6, 6.07) is 0. The van der Waals surface area contributed by atoms with Gasteiger partial charge in [-0.1, -0.05) is 0 Å². The molecule has 0 aromatic rings. The molecule has 0 spiro atoms. The van der Waals surface area contributed by atoms with Crippen molar-refractivity contribution < 1.29 is 19.4 Å². The summed E-state index contributed by atoms with van der Waals surface area (Å²) in [5.41, 5.74) is -0.217. The van der Waals surface area contributed by atoms with Crippen molar-refractivity contribution in [2.45, 2.75) is 57.0 Å². The summed E-state index contributed by atoms with van der Waals surface area (Å²) in [4.78, 5) is 22.8. The Hall–Kier alpha value is -1.10. The summed E-state index contributed by atoms with van der Waals surface area (Å²) in [5.74, 6) is -0.380. The standard InChI is InChI=1S/C15H25NO4/c1-20-15(7-2-8-15)9-13(17)16-10-11-3-5-12(6-4-11)14(18)19/h11-12H,2-10H2,1H3,(H,16,17)(H,18,19). The second kappa shape index (κ2) is 6.57. The zero-order valence-electron chi connectivity index (χ0n) is 12.2. The fourth-order valence-electron chi connectivity index (χ4n) is 3.25. The van der Waals surface area contributed by atoms with E-state index >= 15 is 0 Å². The molecule has 2 N–H and O–H groups in total. The molecule has 0 aromatic carbocycles. The fraction of sp³-hybridized carbons (Fsp3) is 0.867. The third-order valence-corrected chi connectivity index (χ3v) is 4.96. The Morgan fingerprint density at radius 2 is 1.90 bits per heavy atom. The highest BCUT2D eigenvalue weighted by molar-refractivity contribution is 5.77. The molecular weight excluding hydrogens is 258 g/mol. The Labute approximate surface area is 120 Å². The summed E-state index contributed by atoms with van der Waals surface area (Å²) in [6.07, 6.45) is 6.80. The highest BCUT2D eigenvalue weighted by atomic mass is 16.5. The highest BCUT2D eigenvalue weighted by Gasteiger charge is 2.39. The van der Waals surface area contributed by atoms with E-state index in [0.717, 1.165) is 44.9 Å². The van der Waals surface area contributed by atoms with Crippen LogP contribution >= 0.6 is 0 Å². The van der Waals surface area contributed by atoms with Gasteiger partial charge in [-0.05, 0) is 50.9 Å². The van der Waals surface area contributed by atoms with Gasteiger partial charge >= 0.3 is 5.97 Å². The molecule has 0 atom stereocenters. The van der Waals surface area contributed by atoms with E-state index in [-0.39, 0.29) is 17.4 Å². The first-order chi connectivity index (χ1) is 9.54. The molecule has 0 aliphatic heterocycles. The smallest absolute Gasteiger partial charge is 0.306 e. The van der Waals surface area contributed by atoms with Crippen LogP contribution in [-0.4, -0.2) is 36.2 Å². The summed E-state index contributed by atoms with van der Waals surface area (Å²) in [7, 11) is 1.68. The molecule has 0 saturated heterocycles. The van der Waals surface area contributed by atoms with Crippen LogP contribution in [0.5, 0.6) is 0 Å². The van der Waals surface area contributed by atoms with Crippen molar-refractivity contribution >= 4 is 11.9 Å². The van der Waals surface area contributed by atoms with Crippen LogP contribution < -0.4 is 5.32 Å². The number of amides is 1. The predicted molar refractivity (Wildman–Crippen MR) is 74.3 cm³/mol. The van der Waals surface area contributed by atoms with Gasteiger partial charge in [0, 0.05) is 13.7 Å². The molecule has 1 amide bonds. The summed E-state index contributed by atoms with van der Waals surface area (Å²) >= 11 is 0. The molecule has 5 nitrogen and oxygen atoms in total. The predicted octanol–water partition coefficient (Wildman–Crippen LogP) is 1.95. The van der Waals surface area contributed by atoms with Crippen molar-refractivity contribution in [3.05, 3.63) is 0 Å². The Kier molecular flexibility index (Phi) is 5.02. The highest BCUT2D eigenvalue weighted by Crippen LogP contribution is 2.38. The molecule has 0 heterocycles. The lowest BCUT2D eigenvalue weighted by molar-refractivity contribution is -0.143. The lowest BCUT2D eigenvalue weighted by atomic mass is 9.77. The minimum Gasteiger partial charge on any atom is -0.481 e. The minimum absolute atomic E-state index is 0.0620. The van der Waals surface area contributed by atoms with Gasteiger partial charge in [-0.2, -0.15) is 0 Å². The van der Waals surface area contributed by atoms with Crippen LogP contribution in [-0.2, 0) is 14.3 Å². The molecule has 114 valence electrons. The number of methoxy groups -OCH3 is 1. The monoisotopic (exact) mass is 283 g/mol. The van der Waals surface area contributed by atoms with Crippen LogP contribution in [0.15, 0.2) is 0 Å². The zero-order chi connectivity index (χ0) is 14.6. The van der Waals surface area contributed by atoms with Gasteiger partial charge in [0.1, 0.15) is 0 Å². The van der Waals surface area contributed by atoms with Crippen LogP contribution in [0.2, 0.25) is 0 Å². The molecule has 2 rings (SSSR count). The van der Waals surface area contributed by atoms with Gasteiger partial charge in [0.2, 0.25) is 5.91 Å². The largest absolute Gasteiger partial charge is 0.481 e. The maximum atomic E-state index is 11.9. The normalized spacial score (nSPS) is 28.4. The number of hydrogen-bond donors (Lipinski definition) is 2. The maximum Gasteiger partial charge on any atom is 0.306 e. The van der Waals surface area contributed by atoms with Gasteiger partial charge in [-0.3, -0.25) is 9.59 Å². The van der Waals surface area contributed by atoms with Crippen molar-refractivity contribution in [3.8, 4) is 0 Å². The lowest BCUT2D eigenvalue weighted by Crippen LogP contribution is -2.44. The minimum atomic E-state index is -0.681. The van der Waals surface area contributed by atoms with Gasteiger partial charge in [0.05, 0.1) is 17.9 Å². The van der Waals surface area contributed by atoms with Crippen molar-refractivity contribution in [1.82, 2.24) is 5.32 Å². The number of carboxylic acids is 1. The van der Waals surface area contributed by atoms with Gasteiger partial charge in [-0.15, -0.1) is 0 Å². The number of ether oxygens (including phenoxy) is 1. The molecule has 20 heavy (non-hydrogen) atoms. The molecule has 5 heteroatoms. The first-order valence-electron chi connectivity index (χ1n) is 7.59. The molecule has 0 radical (unpaired) electrons. The first kappa shape index (κ1) is 15.3. The topological polar surface area (TPSA) is 75.6 Å². The maximum absolute atomic E-state index is 11.9. The number of carbonyl (C=O) groups is 2. The van der Waals surface area contributed by atoms with Crippen molar-refractivity contribution in [2.24, 2.45) is 11.8 Å². The quantitative estimate of drug-likeness (QED) is 0.781. The van der Waals surface area contributed by atoms with Crippen LogP contribution in [0.1, 0.15) is 51.4 Å². The van der Waals surface area contributed by atoms with Gasteiger partial charge in [0.15, 0.2) is 0 Å². The summed E-state index contributed by atoms with van der Waals surface area (Å²) in [6.45, 7) is 0.672. The average molecular weight is 283 g/mol. The molecular formula is C15H25NO4. The average Bonchev–Trinajstić information content (AvgIpc) is 2.41. The van der Waals surface area contributed by atoms with Gasteiger partial charge in [-0.25, -0.2) is 0 Å². The van der Waals surface area contributed by atoms with E-state index in [1.54, 1.807) is 7.11 Å². The third-order valence-electron chi connectivity index (χ3n) is 4.96. The van der Waals surface area contributed by atoms with E-state index in [0.29, 0.717) is 18.9 Å². The van der Waals surface area contributed by atoms with Crippen molar-refractivity contribution in [1.29, 1.82) is 0 Å². The number of aliphatic carboxylic acids is 1. The number of carboxylic acid groups (broad SMARTS) is 1. The van der Waals surface area contributed by atoms with Gasteiger partial charge < -0.3 is 15.2 Å². The SMILES string of the molecule is COC1(CC(=O)NCC2CCC(C(=O)O)CC2)CCC1. The summed E-state index contributed by atoms with van der Waals surface area (Å²) in [5, 5.41) is 11.9. The van der Waals surface area contributed by atoms with E-state index in [9.17, 15) is 9.59 Å². The molecule has 0 bridgehead atoms. The fourth-order valence-corrected chi connectivity index (χ4v) is 3.25. The number of hydrogen-bond acceptors (Lipinski definition) is 3.